The van der Waals surface area contributed by atoms with Gasteiger partial charge in [0.15, 0.2) is 16.7 Å². The van der Waals surface area contributed by atoms with Gasteiger partial charge in [0.05, 0.1) is 11.1 Å². The van der Waals surface area contributed by atoms with Crippen molar-refractivity contribution in [2.75, 3.05) is 4.90 Å². The number of rotatable bonds is 3. The van der Waals surface area contributed by atoms with Crippen LogP contribution in [0.4, 0.5) is 17.1 Å². The zero-order valence-corrected chi connectivity index (χ0v) is 30.6. The van der Waals surface area contributed by atoms with Crippen LogP contribution in [-0.2, 0) is 0 Å². The second kappa shape index (κ2) is 10.9. The van der Waals surface area contributed by atoms with Gasteiger partial charge in [0, 0.05) is 65.2 Å². The van der Waals surface area contributed by atoms with Gasteiger partial charge in [-0.2, -0.15) is 0 Å². The first kappa shape index (κ1) is 30.3. The normalized spacial score (nSPS) is 12.5. The maximum absolute atomic E-state index is 6.97. The molecule has 14 aromatic rings. The molecular weight excluding hydrogens is 719 g/mol. The number of fused-ring (bicyclic) bond motifs is 19. The number of furan rings is 5. The lowest BCUT2D eigenvalue weighted by atomic mass is 10.0. The van der Waals surface area contributed by atoms with Gasteiger partial charge in [-0.15, -0.1) is 0 Å². The predicted octanol–water partition coefficient (Wildman–Crippen LogP) is 15.8. The van der Waals surface area contributed by atoms with Crippen LogP contribution in [0.15, 0.2) is 186 Å². The molecule has 0 unspecified atom stereocenters. The summed E-state index contributed by atoms with van der Waals surface area (Å²) in [5.41, 5.74) is 10.8. The van der Waals surface area contributed by atoms with Crippen molar-refractivity contribution in [3.8, 4) is 0 Å². The second-order valence-corrected chi connectivity index (χ2v) is 15.2. The Bertz CT molecular complexity index is 4060. The van der Waals surface area contributed by atoms with Crippen molar-refractivity contribution in [3.63, 3.8) is 0 Å². The highest BCUT2D eigenvalue weighted by Crippen LogP contribution is 2.48. The van der Waals surface area contributed by atoms with Crippen molar-refractivity contribution in [2.45, 2.75) is 0 Å². The quantitative estimate of drug-likeness (QED) is 0.179. The number of hydrogen-bond donors (Lipinski definition) is 0. The summed E-state index contributed by atoms with van der Waals surface area (Å²) in [5.74, 6) is 0. The zero-order chi connectivity index (χ0) is 37.6. The predicted molar refractivity (Wildman–Crippen MR) is 235 cm³/mol. The van der Waals surface area contributed by atoms with Crippen LogP contribution in [-0.4, -0.2) is 0 Å². The van der Waals surface area contributed by atoms with Crippen molar-refractivity contribution >= 4 is 138 Å². The Morgan fingerprint density at radius 3 is 1.57 bits per heavy atom. The van der Waals surface area contributed by atoms with Crippen LogP contribution in [0, 0.1) is 0 Å². The molecule has 0 aliphatic heterocycles. The van der Waals surface area contributed by atoms with Gasteiger partial charge in [0.1, 0.15) is 39.1 Å². The number of benzene rings is 9. The standard InChI is InChI=1S/C52H27NO5/c1-2-9-31-28(8-1)16-19-37-34-12-7-13-41(49(34)58-48(31)37)53(29-17-23-44-39(26-29)38-21-20-36-33-11-4-6-15-43(33)56-51(36)52(38)57-44)30-18-24-45-40(27-30)47-46(54-45)25-22-35-32-10-3-5-14-42(32)55-50(35)47/h1-27H. The fourth-order valence-corrected chi connectivity index (χ4v) is 9.43. The molecule has 0 saturated carbocycles. The van der Waals surface area contributed by atoms with E-state index in [9.17, 15) is 0 Å². The monoisotopic (exact) mass is 745 g/mol. The van der Waals surface area contributed by atoms with E-state index in [1.807, 2.05) is 42.5 Å². The highest BCUT2D eigenvalue weighted by atomic mass is 16.4. The molecule has 0 bridgehead atoms. The molecule has 0 atom stereocenters. The van der Waals surface area contributed by atoms with Gasteiger partial charge in [-0.3, -0.25) is 0 Å². The van der Waals surface area contributed by atoms with Crippen LogP contribution in [0.1, 0.15) is 0 Å². The Morgan fingerprint density at radius 1 is 0.276 bits per heavy atom. The van der Waals surface area contributed by atoms with E-state index in [4.69, 9.17) is 22.1 Å². The fraction of sp³-hybridized carbons (Fsp3) is 0. The molecule has 0 fully saturated rings. The highest BCUT2D eigenvalue weighted by Gasteiger charge is 2.24. The van der Waals surface area contributed by atoms with Crippen molar-refractivity contribution < 1.29 is 22.1 Å². The first-order valence-corrected chi connectivity index (χ1v) is 19.4. The molecule has 270 valence electrons. The molecule has 5 heterocycles. The smallest absolute Gasteiger partial charge is 0.178 e. The first-order valence-electron chi connectivity index (χ1n) is 19.4. The van der Waals surface area contributed by atoms with Gasteiger partial charge in [-0.05, 0) is 90.3 Å². The van der Waals surface area contributed by atoms with E-state index in [0.717, 1.165) is 138 Å². The number of nitrogens with zero attached hydrogens (tertiary/aromatic N) is 1. The highest BCUT2D eigenvalue weighted by molar-refractivity contribution is 6.23. The molecule has 9 aromatic carbocycles. The third-order valence-electron chi connectivity index (χ3n) is 12.1. The van der Waals surface area contributed by atoms with Crippen LogP contribution in [0.3, 0.4) is 0 Å². The SMILES string of the molecule is c1ccc2c(c1)ccc1c3cccc(N(c4ccc5oc6c(ccc7c8ccccc8oc76)c5c4)c4ccc5oc6ccc7c8ccccc8oc7c6c5c4)c3oc21. The van der Waals surface area contributed by atoms with E-state index in [0.29, 0.717) is 0 Å². The minimum absolute atomic E-state index is 0.736. The molecule has 0 amide bonds. The van der Waals surface area contributed by atoms with E-state index in [-0.39, 0.29) is 0 Å². The van der Waals surface area contributed by atoms with E-state index >= 15 is 0 Å². The largest absolute Gasteiger partial charge is 0.456 e. The summed E-state index contributed by atoms with van der Waals surface area (Å²) in [4.78, 5) is 2.28. The van der Waals surface area contributed by atoms with Crippen LogP contribution < -0.4 is 4.90 Å². The summed E-state index contributed by atoms with van der Waals surface area (Å²) < 4.78 is 33.0. The van der Waals surface area contributed by atoms with Crippen molar-refractivity contribution in [1.29, 1.82) is 0 Å². The van der Waals surface area contributed by atoms with Gasteiger partial charge < -0.3 is 27.0 Å². The van der Waals surface area contributed by atoms with Crippen molar-refractivity contribution in [1.82, 2.24) is 0 Å². The Labute approximate surface area is 327 Å². The van der Waals surface area contributed by atoms with Gasteiger partial charge in [-0.1, -0.05) is 78.9 Å². The minimum Gasteiger partial charge on any atom is -0.456 e. The molecule has 6 heteroatoms. The van der Waals surface area contributed by atoms with E-state index in [2.05, 4.69) is 126 Å². The maximum Gasteiger partial charge on any atom is 0.178 e. The molecule has 0 spiro atoms. The van der Waals surface area contributed by atoms with E-state index in [1.54, 1.807) is 0 Å². The summed E-state index contributed by atoms with van der Waals surface area (Å²) in [6, 6.07) is 56.6. The van der Waals surface area contributed by atoms with Gasteiger partial charge >= 0.3 is 0 Å². The lowest BCUT2D eigenvalue weighted by molar-refractivity contribution is 0.633. The summed E-state index contributed by atoms with van der Waals surface area (Å²) >= 11 is 0. The van der Waals surface area contributed by atoms with Gasteiger partial charge in [0.2, 0.25) is 0 Å². The van der Waals surface area contributed by atoms with Crippen LogP contribution in [0.25, 0.3) is 120 Å². The van der Waals surface area contributed by atoms with Gasteiger partial charge in [-0.25, -0.2) is 0 Å². The maximum atomic E-state index is 6.97. The Morgan fingerprint density at radius 2 is 0.793 bits per heavy atom. The Balaban J connectivity index is 1.06. The summed E-state index contributed by atoms with van der Waals surface area (Å²) in [6.45, 7) is 0. The molecule has 0 saturated heterocycles. The molecule has 58 heavy (non-hydrogen) atoms. The number of anilines is 3. The summed E-state index contributed by atoms with van der Waals surface area (Å²) in [6.07, 6.45) is 0. The van der Waals surface area contributed by atoms with Crippen LogP contribution in [0.2, 0.25) is 0 Å². The lowest BCUT2D eigenvalue weighted by Crippen LogP contribution is -2.10. The van der Waals surface area contributed by atoms with E-state index < -0.39 is 0 Å². The average Bonchev–Trinajstić information content (AvgIpc) is 4.09. The molecule has 0 aliphatic rings. The van der Waals surface area contributed by atoms with Crippen molar-refractivity contribution in [3.05, 3.63) is 164 Å². The third-order valence-corrected chi connectivity index (χ3v) is 12.1. The molecular formula is C52H27NO5. The topological polar surface area (TPSA) is 68.9 Å². The van der Waals surface area contributed by atoms with Gasteiger partial charge in [0.25, 0.3) is 0 Å². The fourth-order valence-electron chi connectivity index (χ4n) is 9.43. The molecule has 0 N–H and O–H groups in total. The molecule has 0 radical (unpaired) electrons. The number of hydrogen-bond acceptors (Lipinski definition) is 6. The second-order valence-electron chi connectivity index (χ2n) is 15.2. The summed E-state index contributed by atoms with van der Waals surface area (Å²) in [5, 5.41) is 12.5. The number of para-hydroxylation sites is 3. The van der Waals surface area contributed by atoms with E-state index in [1.165, 1.54) is 0 Å². The van der Waals surface area contributed by atoms with Crippen LogP contribution >= 0.6 is 0 Å². The molecule has 14 rings (SSSR count). The lowest BCUT2D eigenvalue weighted by Gasteiger charge is -2.25. The van der Waals surface area contributed by atoms with Crippen molar-refractivity contribution in [2.24, 2.45) is 0 Å². The minimum atomic E-state index is 0.736. The zero-order valence-electron chi connectivity index (χ0n) is 30.6. The molecule has 6 nitrogen and oxygen atoms in total. The first-order chi connectivity index (χ1) is 28.7. The Hall–Kier alpha value is -7.96. The average molecular weight is 746 g/mol. The molecule has 0 aliphatic carbocycles. The van der Waals surface area contributed by atoms with Crippen LogP contribution in [0.5, 0.6) is 0 Å². The molecule has 5 aromatic heterocycles. The summed E-state index contributed by atoms with van der Waals surface area (Å²) in [7, 11) is 0. The third kappa shape index (κ3) is 3.95. The Kier molecular flexibility index (Phi) is 5.68.